The van der Waals surface area contributed by atoms with Crippen molar-refractivity contribution in [2.75, 3.05) is 34.0 Å². The normalized spacial score (nSPS) is 14.3. The Balaban J connectivity index is 5.42. The lowest BCUT2D eigenvalue weighted by Crippen LogP contribution is -2.38. The van der Waals surface area contributed by atoms with Gasteiger partial charge in [-0.3, -0.25) is 14.0 Å². The van der Waals surface area contributed by atoms with Crippen LogP contribution >= 0.6 is 30.2 Å². The molecule has 0 aromatic rings. The number of carbonyl (C=O) groups is 2. The first-order chi connectivity index (χ1) is 10.4. The molecule has 0 aliphatic heterocycles. The third kappa shape index (κ3) is 6.09. The van der Waals surface area contributed by atoms with E-state index in [-0.39, 0.29) is 10.4 Å². The van der Waals surface area contributed by atoms with E-state index < -0.39 is 24.8 Å². The first-order valence-corrected chi connectivity index (χ1v) is 10.2. The quantitative estimate of drug-likeness (QED) is 0.481. The fourth-order valence-corrected chi connectivity index (χ4v) is 7.43. The van der Waals surface area contributed by atoms with Crippen LogP contribution in [0.4, 0.5) is 18.0 Å². The van der Waals surface area contributed by atoms with Crippen molar-refractivity contribution in [2.45, 2.75) is 19.5 Å². The van der Waals surface area contributed by atoms with Crippen LogP contribution in [0.25, 0.3) is 0 Å². The zero-order valence-corrected chi connectivity index (χ0v) is 15.8. The van der Waals surface area contributed by atoms with E-state index in [4.69, 9.17) is 0 Å². The minimum Gasteiger partial charge on any atom is -0.452 e. The third-order valence-corrected chi connectivity index (χ3v) is 9.84. The molecule has 0 aromatic carbocycles. The summed E-state index contributed by atoms with van der Waals surface area (Å²) in [6.45, 7) is -2.19. The van der Waals surface area contributed by atoms with Crippen LogP contribution < -0.4 is 0 Å². The molecule has 0 spiro atoms. The van der Waals surface area contributed by atoms with E-state index in [0.29, 0.717) is 18.6 Å². The summed E-state index contributed by atoms with van der Waals surface area (Å²) in [6, 6.07) is 0. The maximum Gasteiger partial charge on any atom is 0.471 e. The van der Waals surface area contributed by atoms with E-state index in [1.165, 1.54) is 14.1 Å². The molecule has 0 saturated carbocycles. The fourth-order valence-electron chi connectivity index (χ4n) is 1.25. The molecule has 0 heterocycles. The first-order valence-electron chi connectivity index (χ1n) is 6.25. The highest BCUT2D eigenvalue weighted by Gasteiger charge is 2.49. The summed E-state index contributed by atoms with van der Waals surface area (Å²) >= 11 is 1.33. The van der Waals surface area contributed by atoms with E-state index in [9.17, 15) is 27.3 Å². The second-order valence-corrected chi connectivity index (χ2v) is 10.7. The number of ether oxygens (including phenoxy) is 1. The Bertz CT molecular complexity index is 481. The third-order valence-electron chi connectivity index (χ3n) is 2.41. The second kappa shape index (κ2) is 9.05. The Hall–Kier alpha value is -0.580. The van der Waals surface area contributed by atoms with Crippen molar-refractivity contribution in [3.05, 3.63) is 0 Å². The van der Waals surface area contributed by atoms with Gasteiger partial charge in [0.25, 0.3) is 0 Å². The number of hydrogen-bond donors (Lipinski definition) is 0. The molecule has 1 unspecified atom stereocenters. The van der Waals surface area contributed by atoms with Gasteiger partial charge in [0.1, 0.15) is 0 Å². The van der Waals surface area contributed by atoms with Crippen LogP contribution in [0.15, 0.2) is 0 Å². The van der Waals surface area contributed by atoms with Crippen LogP contribution in [0.2, 0.25) is 0 Å². The Morgan fingerprint density at radius 1 is 1.22 bits per heavy atom. The Labute approximate surface area is 141 Å². The highest BCUT2D eigenvalue weighted by molar-refractivity contribution is 8.57. The number of alkyl halides is 3. The molecule has 0 aliphatic rings. The maximum atomic E-state index is 13.0. The molecule has 23 heavy (non-hydrogen) atoms. The summed E-state index contributed by atoms with van der Waals surface area (Å²) in [4.78, 5) is 22.8. The minimum absolute atomic E-state index is 0.186. The van der Waals surface area contributed by atoms with Crippen LogP contribution in [0.5, 0.6) is 0 Å². The van der Waals surface area contributed by atoms with E-state index in [1.54, 1.807) is 6.92 Å². The van der Waals surface area contributed by atoms with Crippen LogP contribution in [0.1, 0.15) is 13.3 Å². The van der Waals surface area contributed by atoms with Crippen molar-refractivity contribution >= 4 is 42.2 Å². The van der Waals surface area contributed by atoms with Crippen LogP contribution in [-0.4, -0.2) is 65.2 Å². The van der Waals surface area contributed by atoms with Crippen molar-refractivity contribution in [1.82, 2.24) is 13.1 Å². The molecule has 0 rings (SSSR count). The van der Waals surface area contributed by atoms with Gasteiger partial charge in [-0.25, -0.2) is 9.10 Å². The summed E-state index contributed by atoms with van der Waals surface area (Å²) < 4.78 is 57.4. The van der Waals surface area contributed by atoms with Crippen molar-refractivity contribution in [3.8, 4) is 0 Å². The van der Waals surface area contributed by atoms with Crippen molar-refractivity contribution in [3.63, 3.8) is 0 Å². The largest absolute Gasteiger partial charge is 0.471 e. The molecule has 136 valence electrons. The number of amides is 2. The average Bonchev–Trinajstić information content (AvgIpc) is 2.48. The molecule has 0 radical (unpaired) electrons. The number of rotatable bonds is 7. The summed E-state index contributed by atoms with van der Waals surface area (Å²) in [6.07, 6.45) is -5.37. The Morgan fingerprint density at radius 2 is 1.74 bits per heavy atom. The minimum atomic E-state index is -5.14. The molecule has 1 atom stereocenters. The molecule has 0 N–H and O–H groups in total. The number of methoxy groups -OCH3 is 1. The summed E-state index contributed by atoms with van der Waals surface area (Å²) in [7, 11) is 4.50. The molecule has 0 fully saturated rings. The van der Waals surface area contributed by atoms with Crippen LogP contribution in [0.3, 0.4) is 0 Å². The Kier molecular flexibility index (Phi) is 8.82. The van der Waals surface area contributed by atoms with E-state index in [1.807, 2.05) is 0 Å². The summed E-state index contributed by atoms with van der Waals surface area (Å²) in [5.74, 6) is -1.93. The highest BCUT2D eigenvalue weighted by atomic mass is 32.7. The number of carbonyl (C=O) groups excluding carboxylic acids is 2. The fraction of sp³-hybridized carbons (Fsp3) is 0.800. The number of hydrogen-bond acceptors (Lipinski definition) is 6. The standard InChI is InChI=1S/C10H19F3N3O4PS2/c1-6-7-22-21(19,14(2)8(17)10(11,12)13)16(4)23-15(3)9(18)20-5/h6-7H2,1-5H3. The first kappa shape index (κ1) is 22.4. The monoisotopic (exact) mass is 397 g/mol. The van der Waals surface area contributed by atoms with Gasteiger partial charge in [0.2, 0.25) is 0 Å². The SMILES string of the molecule is CCCSP(=O)(N(C)SN(C)C(=O)OC)N(C)C(=O)C(F)(F)F. The summed E-state index contributed by atoms with van der Waals surface area (Å²) in [5, 5.41) is 0. The second-order valence-electron chi connectivity index (χ2n) is 4.16. The van der Waals surface area contributed by atoms with E-state index in [0.717, 1.165) is 33.9 Å². The molecule has 0 aromatic heterocycles. The molecule has 2 amide bonds. The lowest BCUT2D eigenvalue weighted by Gasteiger charge is -2.34. The van der Waals surface area contributed by atoms with Gasteiger partial charge in [-0.15, -0.1) is 0 Å². The molecule has 0 bridgehead atoms. The average molecular weight is 397 g/mol. The summed E-state index contributed by atoms with van der Waals surface area (Å²) in [5.41, 5.74) is 0. The van der Waals surface area contributed by atoms with Crippen LogP contribution in [0, 0.1) is 0 Å². The highest BCUT2D eigenvalue weighted by Crippen LogP contribution is 2.66. The van der Waals surface area contributed by atoms with E-state index in [2.05, 4.69) is 4.74 Å². The van der Waals surface area contributed by atoms with Gasteiger partial charge in [-0.05, 0) is 6.42 Å². The molecule has 0 aliphatic carbocycles. The number of halogens is 3. The molecule has 7 nitrogen and oxygen atoms in total. The van der Waals surface area contributed by atoms with Gasteiger partial charge in [-0.1, -0.05) is 18.3 Å². The topological polar surface area (TPSA) is 70.2 Å². The number of nitrogens with zero attached hydrogens (tertiary/aromatic N) is 3. The van der Waals surface area contributed by atoms with E-state index >= 15 is 0 Å². The predicted octanol–water partition coefficient (Wildman–Crippen LogP) is 3.45. The molecule has 0 saturated heterocycles. The van der Waals surface area contributed by atoms with Gasteiger partial charge >= 0.3 is 24.8 Å². The lowest BCUT2D eigenvalue weighted by atomic mass is 10.6. The van der Waals surface area contributed by atoms with Gasteiger partial charge in [-0.2, -0.15) is 17.2 Å². The zero-order chi connectivity index (χ0) is 18.4. The van der Waals surface area contributed by atoms with Gasteiger partial charge < -0.3 is 4.74 Å². The molecule has 13 heteroatoms. The zero-order valence-electron chi connectivity index (χ0n) is 13.3. The lowest BCUT2D eigenvalue weighted by molar-refractivity contribution is -0.179. The van der Waals surface area contributed by atoms with Crippen molar-refractivity contribution in [1.29, 1.82) is 0 Å². The predicted molar refractivity (Wildman–Crippen MR) is 84.7 cm³/mol. The van der Waals surface area contributed by atoms with Crippen molar-refractivity contribution in [2.24, 2.45) is 0 Å². The van der Waals surface area contributed by atoms with Gasteiger partial charge in [0, 0.05) is 26.9 Å². The van der Waals surface area contributed by atoms with Gasteiger partial charge in [0.15, 0.2) is 0 Å². The maximum absolute atomic E-state index is 13.0. The molecular weight excluding hydrogens is 378 g/mol. The van der Waals surface area contributed by atoms with Gasteiger partial charge in [0.05, 0.1) is 19.2 Å². The smallest absolute Gasteiger partial charge is 0.452 e. The Morgan fingerprint density at radius 3 is 2.13 bits per heavy atom. The molecular formula is C10H19F3N3O4PS2. The van der Waals surface area contributed by atoms with Crippen LogP contribution in [-0.2, 0) is 14.1 Å². The van der Waals surface area contributed by atoms with Crippen molar-refractivity contribution < 1.29 is 32.1 Å².